The molecule has 198 valence electrons. The Morgan fingerprint density at radius 2 is 1.71 bits per heavy atom. The van der Waals surface area contributed by atoms with Gasteiger partial charge in [0.25, 0.3) is 0 Å². The van der Waals surface area contributed by atoms with Gasteiger partial charge in [0.15, 0.2) is 5.82 Å². The summed E-state index contributed by atoms with van der Waals surface area (Å²) in [5.41, 5.74) is 2.51. The number of anilines is 1. The van der Waals surface area contributed by atoms with Crippen molar-refractivity contribution in [2.24, 2.45) is 0 Å². The van der Waals surface area contributed by atoms with Crippen LogP contribution in [-0.2, 0) is 20.7 Å². The van der Waals surface area contributed by atoms with Gasteiger partial charge in [0.2, 0.25) is 11.8 Å². The summed E-state index contributed by atoms with van der Waals surface area (Å²) in [6.07, 6.45) is 2.17. The van der Waals surface area contributed by atoms with Gasteiger partial charge in [0.1, 0.15) is 0 Å². The summed E-state index contributed by atoms with van der Waals surface area (Å²) in [6.45, 7) is 3.65. The summed E-state index contributed by atoms with van der Waals surface area (Å²) < 4.78 is 5.77. The fraction of sp³-hybridized carbons (Fsp3) is 0.379. The van der Waals surface area contributed by atoms with Gasteiger partial charge in [-0.3, -0.25) is 9.59 Å². The first-order valence-corrected chi connectivity index (χ1v) is 13.5. The zero-order valence-electron chi connectivity index (χ0n) is 21.3. The van der Waals surface area contributed by atoms with Crippen LogP contribution in [0.5, 0.6) is 0 Å². The number of benzene rings is 2. The molecule has 0 saturated carbocycles. The number of hydrogen-bond acceptors (Lipinski definition) is 6. The van der Waals surface area contributed by atoms with Crippen molar-refractivity contribution in [2.45, 2.75) is 25.4 Å². The highest BCUT2D eigenvalue weighted by atomic mass is 35.5. The van der Waals surface area contributed by atoms with Gasteiger partial charge in [-0.1, -0.05) is 60.1 Å². The Morgan fingerprint density at radius 1 is 0.947 bits per heavy atom. The molecule has 38 heavy (non-hydrogen) atoms. The smallest absolute Gasteiger partial charge is 0.242 e. The Balaban J connectivity index is 1.17. The fourth-order valence-corrected chi connectivity index (χ4v) is 5.16. The Kier molecular flexibility index (Phi) is 8.51. The Labute approximate surface area is 228 Å². The number of rotatable bonds is 8. The summed E-state index contributed by atoms with van der Waals surface area (Å²) in [5.74, 6) is 0.683. The third-order valence-corrected chi connectivity index (χ3v) is 7.41. The number of piperazine rings is 1. The topological polar surface area (TPSA) is 78.9 Å². The third kappa shape index (κ3) is 6.49. The number of hydrogen-bond donors (Lipinski definition) is 0. The second-order valence-electron chi connectivity index (χ2n) is 9.70. The third-order valence-electron chi connectivity index (χ3n) is 7.08. The van der Waals surface area contributed by atoms with Crippen LogP contribution in [0.3, 0.4) is 0 Å². The van der Waals surface area contributed by atoms with E-state index < -0.39 is 0 Å². The van der Waals surface area contributed by atoms with Gasteiger partial charge in [0.05, 0.1) is 29.8 Å². The zero-order chi connectivity index (χ0) is 26.3. The molecule has 0 N–H and O–H groups in total. The molecule has 0 radical (unpaired) electrons. The molecule has 9 heteroatoms. The average Bonchev–Trinajstić information content (AvgIpc) is 3.47. The molecule has 0 bridgehead atoms. The van der Waals surface area contributed by atoms with Crippen LogP contribution in [-0.4, -0.2) is 83.8 Å². The van der Waals surface area contributed by atoms with E-state index in [4.69, 9.17) is 16.3 Å². The van der Waals surface area contributed by atoms with E-state index in [2.05, 4.69) is 15.1 Å². The minimum Gasteiger partial charge on any atom is -0.376 e. The molecule has 2 amide bonds. The summed E-state index contributed by atoms with van der Waals surface area (Å²) in [5, 5.41) is 9.41. The molecule has 2 fully saturated rings. The summed E-state index contributed by atoms with van der Waals surface area (Å²) in [4.78, 5) is 32.1. The maximum absolute atomic E-state index is 13.2. The van der Waals surface area contributed by atoms with Gasteiger partial charge < -0.3 is 19.4 Å². The van der Waals surface area contributed by atoms with Gasteiger partial charge in [0, 0.05) is 44.9 Å². The van der Waals surface area contributed by atoms with Gasteiger partial charge in [-0.15, -0.1) is 10.2 Å². The Morgan fingerprint density at radius 3 is 2.39 bits per heavy atom. The maximum atomic E-state index is 13.2. The van der Waals surface area contributed by atoms with Crippen molar-refractivity contribution < 1.29 is 14.3 Å². The quantitative estimate of drug-likeness (QED) is 0.439. The number of nitrogens with zero attached hydrogens (tertiary/aromatic N) is 5. The molecule has 0 spiro atoms. The summed E-state index contributed by atoms with van der Waals surface area (Å²) in [6, 6.07) is 21.1. The Bertz CT molecular complexity index is 1230. The van der Waals surface area contributed by atoms with E-state index >= 15 is 0 Å². The van der Waals surface area contributed by atoms with Crippen molar-refractivity contribution >= 4 is 29.2 Å². The predicted octanol–water partition coefficient (Wildman–Crippen LogP) is 3.70. The van der Waals surface area contributed by atoms with Crippen molar-refractivity contribution in [3.05, 3.63) is 77.3 Å². The van der Waals surface area contributed by atoms with Gasteiger partial charge in [-0.2, -0.15) is 0 Å². The van der Waals surface area contributed by atoms with Crippen molar-refractivity contribution in [1.82, 2.24) is 20.0 Å². The van der Waals surface area contributed by atoms with E-state index in [-0.39, 0.29) is 30.9 Å². The van der Waals surface area contributed by atoms with Crippen molar-refractivity contribution in [3.63, 3.8) is 0 Å². The first-order valence-electron chi connectivity index (χ1n) is 13.1. The number of carbonyl (C=O) groups excluding carboxylic acids is 2. The standard InChI is InChI=1S/C29H32ClN5O3/c30-25-11-5-4-10-24(25)26-12-13-27(32-31-26)33-14-16-34(17-15-33)29(37)21-35(20-23-9-6-18-38-23)28(36)19-22-7-2-1-3-8-22/h1-5,7-8,10-13,23H,6,9,14-21H2. The number of amides is 2. The second kappa shape index (κ2) is 12.4. The van der Waals surface area contributed by atoms with Crippen LogP contribution in [0.2, 0.25) is 5.02 Å². The molecule has 5 rings (SSSR count). The molecular formula is C29H32ClN5O3. The van der Waals surface area contributed by atoms with E-state index in [1.54, 1.807) is 4.90 Å². The van der Waals surface area contributed by atoms with E-state index in [0.717, 1.165) is 35.5 Å². The lowest BCUT2D eigenvalue weighted by Gasteiger charge is -2.36. The number of halogens is 1. The van der Waals surface area contributed by atoms with Crippen LogP contribution in [0.15, 0.2) is 66.7 Å². The number of aromatic nitrogens is 2. The largest absolute Gasteiger partial charge is 0.376 e. The van der Waals surface area contributed by atoms with Crippen LogP contribution in [0, 0.1) is 0 Å². The average molecular weight is 534 g/mol. The molecule has 3 aromatic rings. The van der Waals surface area contributed by atoms with Crippen molar-refractivity contribution in [1.29, 1.82) is 0 Å². The predicted molar refractivity (Wildman–Crippen MR) is 147 cm³/mol. The molecule has 1 aromatic heterocycles. The number of carbonyl (C=O) groups is 2. The molecule has 1 atom stereocenters. The monoisotopic (exact) mass is 533 g/mol. The molecule has 3 heterocycles. The maximum Gasteiger partial charge on any atom is 0.242 e. The van der Waals surface area contributed by atoms with Crippen molar-refractivity contribution in [3.8, 4) is 11.3 Å². The highest BCUT2D eigenvalue weighted by molar-refractivity contribution is 6.33. The highest BCUT2D eigenvalue weighted by Gasteiger charge is 2.28. The molecule has 2 aliphatic rings. The lowest BCUT2D eigenvalue weighted by molar-refractivity contribution is -0.141. The van der Waals surface area contributed by atoms with Crippen LogP contribution in [0.4, 0.5) is 5.82 Å². The van der Waals surface area contributed by atoms with E-state index in [1.807, 2.05) is 71.6 Å². The minimum atomic E-state index is -0.0485. The SMILES string of the molecule is O=C(CN(CC1CCCO1)C(=O)Cc1ccccc1)N1CCN(c2ccc(-c3ccccc3Cl)nn2)CC1. The van der Waals surface area contributed by atoms with Crippen LogP contribution in [0.1, 0.15) is 18.4 Å². The number of ether oxygens (including phenoxy) is 1. The van der Waals surface area contributed by atoms with E-state index in [9.17, 15) is 9.59 Å². The van der Waals surface area contributed by atoms with Crippen molar-refractivity contribution in [2.75, 3.05) is 50.8 Å². The van der Waals surface area contributed by atoms with E-state index in [1.165, 1.54) is 0 Å². The molecule has 1 unspecified atom stereocenters. The lowest BCUT2D eigenvalue weighted by atomic mass is 10.1. The van der Waals surface area contributed by atoms with Crippen LogP contribution < -0.4 is 4.90 Å². The first-order chi connectivity index (χ1) is 18.6. The highest BCUT2D eigenvalue weighted by Crippen LogP contribution is 2.26. The van der Waals surface area contributed by atoms with Gasteiger partial charge in [-0.25, -0.2) is 0 Å². The molecule has 2 aliphatic heterocycles. The molecule has 0 aliphatic carbocycles. The molecule has 2 aromatic carbocycles. The van der Waals surface area contributed by atoms with E-state index in [0.29, 0.717) is 44.4 Å². The zero-order valence-corrected chi connectivity index (χ0v) is 22.1. The second-order valence-corrected chi connectivity index (χ2v) is 10.1. The normalized spacial score (nSPS) is 17.4. The lowest BCUT2D eigenvalue weighted by Crippen LogP contribution is -2.53. The molecular weight excluding hydrogens is 502 g/mol. The summed E-state index contributed by atoms with van der Waals surface area (Å²) in [7, 11) is 0. The Hall–Kier alpha value is -3.49. The van der Waals surface area contributed by atoms with Crippen LogP contribution >= 0.6 is 11.6 Å². The minimum absolute atomic E-state index is 0.00770. The summed E-state index contributed by atoms with van der Waals surface area (Å²) >= 11 is 6.29. The van der Waals surface area contributed by atoms with Gasteiger partial charge in [-0.05, 0) is 36.6 Å². The molecule has 8 nitrogen and oxygen atoms in total. The van der Waals surface area contributed by atoms with Gasteiger partial charge >= 0.3 is 0 Å². The molecule has 2 saturated heterocycles. The fourth-order valence-electron chi connectivity index (χ4n) is 4.93. The van der Waals surface area contributed by atoms with Crippen LogP contribution in [0.25, 0.3) is 11.3 Å². The first kappa shape index (κ1) is 26.1.